The number of nitrogens with two attached hydrogens (primary N) is 1. The predicted molar refractivity (Wildman–Crippen MR) is 202 cm³/mol. The lowest BCUT2D eigenvalue weighted by atomic mass is 10.4. The van der Waals surface area contributed by atoms with Crippen LogP contribution in [0.1, 0.15) is 6.42 Å². The Balaban J connectivity index is 3.07. The smallest absolute Gasteiger partial charge is 0.236 e. The van der Waals surface area contributed by atoms with Crippen LogP contribution >= 0.6 is 0 Å². The molecule has 0 saturated heterocycles. The molecule has 57 heavy (non-hydrogen) atoms. The molecule has 338 valence electrons. The van der Waals surface area contributed by atoms with Crippen molar-refractivity contribution in [3.8, 4) is 0 Å². The lowest BCUT2D eigenvalue weighted by Crippen LogP contribution is -2.30. The molecule has 0 aromatic carbocycles. The van der Waals surface area contributed by atoms with Crippen molar-refractivity contribution in [3.63, 3.8) is 0 Å². The summed E-state index contributed by atoms with van der Waals surface area (Å²) in [5, 5.41) is 3.48. The summed E-state index contributed by atoms with van der Waals surface area (Å²) in [5.74, 6) is 4.72. The van der Waals surface area contributed by atoms with E-state index in [1.54, 1.807) is 0 Å². The summed E-state index contributed by atoms with van der Waals surface area (Å²) in [6.07, 6.45) is 0.225. The lowest BCUT2D eigenvalue weighted by Gasteiger charge is -2.09. The minimum atomic E-state index is -0.262. The molecule has 1 amide bonds. The average Bonchev–Trinajstić information content (AvgIpc) is 3.22. The van der Waals surface area contributed by atoms with Crippen LogP contribution in [0.2, 0.25) is 0 Å². The van der Waals surface area contributed by atoms with Gasteiger partial charge in [-0.1, -0.05) is 0 Å². The molecule has 0 heterocycles. The van der Waals surface area contributed by atoms with Gasteiger partial charge in [0.25, 0.3) is 0 Å². The lowest BCUT2D eigenvalue weighted by molar-refractivity contribution is -0.122. The van der Waals surface area contributed by atoms with Gasteiger partial charge in [0.1, 0.15) is 17.2 Å². The molecule has 0 aromatic heterocycles. The van der Waals surface area contributed by atoms with Gasteiger partial charge in [-0.05, 0) is 0 Å². The summed E-state index contributed by atoms with van der Waals surface area (Å²) in [6.45, 7) is 15.5. The molecule has 0 unspecified atom stereocenters. The van der Waals surface area contributed by atoms with Gasteiger partial charge in [0.05, 0.1) is 218 Å². The van der Waals surface area contributed by atoms with Crippen LogP contribution in [-0.4, -0.2) is 224 Å². The van der Waals surface area contributed by atoms with E-state index in [1.165, 1.54) is 0 Å². The SMILES string of the molecule is N=[N+]=NCCOCCOCCOCCOCCOCCOCCOCCOCCOCCOCCOCCOCCOCCOCCOCCOCCC(=O)NN. The zero-order chi connectivity index (χ0) is 41.1. The number of hydrogen-bond donors (Lipinski definition) is 3. The van der Waals surface area contributed by atoms with E-state index in [1.807, 2.05) is 5.43 Å². The van der Waals surface area contributed by atoms with Crippen molar-refractivity contribution in [1.29, 1.82) is 5.53 Å². The van der Waals surface area contributed by atoms with Crippen molar-refractivity contribution in [2.75, 3.05) is 218 Å². The molecule has 22 heteroatoms. The fourth-order valence-corrected chi connectivity index (χ4v) is 3.79. The van der Waals surface area contributed by atoms with Crippen LogP contribution in [0, 0.1) is 5.53 Å². The minimum Gasteiger partial charge on any atom is -0.379 e. The second-order valence-electron chi connectivity index (χ2n) is 11.1. The fourth-order valence-electron chi connectivity index (χ4n) is 3.79. The second kappa shape index (κ2) is 52.1. The maximum Gasteiger partial charge on any atom is 0.236 e. The Kier molecular flexibility index (Phi) is 50.4. The van der Waals surface area contributed by atoms with Crippen molar-refractivity contribution < 1.29 is 80.6 Å². The van der Waals surface area contributed by atoms with Gasteiger partial charge in [-0.2, -0.15) is 0 Å². The molecule has 0 fully saturated rings. The number of carbonyl (C=O) groups is 1. The van der Waals surface area contributed by atoms with Gasteiger partial charge >= 0.3 is 0 Å². The number of amides is 1. The van der Waals surface area contributed by atoms with Crippen LogP contribution in [-0.2, 0) is 80.6 Å². The summed E-state index contributed by atoms with van der Waals surface area (Å²) in [7, 11) is 0. The number of rotatable bonds is 51. The molecular formula is C35H72N5O17+. The van der Waals surface area contributed by atoms with E-state index in [9.17, 15) is 4.79 Å². The Hall–Kier alpha value is -1.90. The highest BCUT2D eigenvalue weighted by Gasteiger charge is 1.99. The zero-order valence-electron chi connectivity index (χ0n) is 34.0. The van der Waals surface area contributed by atoms with E-state index >= 15 is 0 Å². The van der Waals surface area contributed by atoms with Crippen molar-refractivity contribution in [3.05, 3.63) is 0 Å². The molecule has 0 spiro atoms. The molecule has 0 saturated carbocycles. The third-order valence-electron chi connectivity index (χ3n) is 6.62. The molecule has 0 aromatic rings. The van der Waals surface area contributed by atoms with Crippen LogP contribution in [0.3, 0.4) is 0 Å². The van der Waals surface area contributed by atoms with Gasteiger partial charge in [0.15, 0.2) is 0 Å². The number of nitrogens with one attached hydrogen (secondary N) is 2. The van der Waals surface area contributed by atoms with Gasteiger partial charge in [0.2, 0.25) is 10.8 Å². The Morgan fingerprint density at radius 3 is 0.702 bits per heavy atom. The first kappa shape index (κ1) is 55.1. The van der Waals surface area contributed by atoms with Crippen LogP contribution in [0.15, 0.2) is 5.11 Å². The highest BCUT2D eigenvalue weighted by atomic mass is 16.6. The molecule has 0 aliphatic carbocycles. The van der Waals surface area contributed by atoms with Crippen molar-refractivity contribution in [2.24, 2.45) is 11.0 Å². The standard InChI is InChI=1S/C35H71N5O17/c36-39-35(41)1-3-42-5-7-44-9-11-46-13-15-48-17-19-50-21-23-52-25-27-54-29-31-56-33-34-57-32-30-55-28-26-53-24-22-51-20-18-49-16-14-47-12-10-45-8-6-43-4-2-38-40-37/h36H,1-34H2,(H2,37,38)/p+1. The quantitative estimate of drug-likeness (QED) is 0.0169. The zero-order valence-corrected chi connectivity index (χ0v) is 34.0. The monoisotopic (exact) mass is 834 g/mol. The molecule has 0 bridgehead atoms. The molecule has 0 atom stereocenters. The van der Waals surface area contributed by atoms with Gasteiger partial charge in [-0.15, -0.1) is 0 Å². The topological polar surface area (TPSA) is 253 Å². The molecule has 0 aliphatic rings. The van der Waals surface area contributed by atoms with E-state index in [-0.39, 0.29) is 12.3 Å². The first-order chi connectivity index (χ1) is 28.3. The second-order valence-corrected chi connectivity index (χ2v) is 11.1. The van der Waals surface area contributed by atoms with Crippen LogP contribution < -0.4 is 16.2 Å². The Morgan fingerprint density at radius 2 is 0.526 bits per heavy atom. The number of hydrogen-bond acceptors (Lipinski definition) is 20. The highest BCUT2D eigenvalue weighted by molar-refractivity contribution is 5.75. The van der Waals surface area contributed by atoms with Gasteiger partial charge in [0, 0.05) is 0 Å². The van der Waals surface area contributed by atoms with Crippen LogP contribution in [0.25, 0.3) is 0 Å². The molecule has 22 nitrogen and oxygen atoms in total. The molecule has 0 radical (unpaired) electrons. The minimum absolute atomic E-state index is 0.225. The van der Waals surface area contributed by atoms with Crippen molar-refractivity contribution in [2.45, 2.75) is 6.42 Å². The van der Waals surface area contributed by atoms with Gasteiger partial charge in [-0.3, -0.25) is 10.2 Å². The number of ether oxygens (including phenoxy) is 16. The summed E-state index contributed by atoms with van der Waals surface area (Å²) >= 11 is 0. The molecule has 0 aliphatic heterocycles. The van der Waals surface area contributed by atoms with Crippen LogP contribution in [0.4, 0.5) is 0 Å². The fraction of sp³-hybridized carbons (Fsp3) is 0.971. The van der Waals surface area contributed by atoms with E-state index in [2.05, 4.69) is 10.0 Å². The summed E-state index contributed by atoms with van der Waals surface area (Å²) < 4.78 is 86.9. The maximum atomic E-state index is 10.9. The number of nitrogens with zero attached hydrogens (tertiary/aromatic N) is 2. The predicted octanol–water partition coefficient (Wildman–Crippen LogP) is -0.818. The van der Waals surface area contributed by atoms with E-state index in [4.69, 9.17) is 87.2 Å². The first-order valence-corrected chi connectivity index (χ1v) is 19.6. The van der Waals surface area contributed by atoms with Crippen molar-refractivity contribution >= 4 is 5.91 Å². The normalized spacial score (nSPS) is 11.3. The largest absolute Gasteiger partial charge is 0.379 e. The third kappa shape index (κ3) is 52.1. The van der Waals surface area contributed by atoms with Crippen LogP contribution in [0.5, 0.6) is 0 Å². The number of carbonyl (C=O) groups excluding carboxylic acids is 1. The molecule has 0 rings (SSSR count). The Morgan fingerprint density at radius 1 is 0.351 bits per heavy atom. The Bertz CT molecular complexity index is 841. The summed E-state index contributed by atoms with van der Waals surface area (Å²) in [4.78, 5) is 13.8. The van der Waals surface area contributed by atoms with E-state index < -0.39 is 0 Å². The summed E-state index contributed by atoms with van der Waals surface area (Å²) in [6, 6.07) is 0. The maximum absolute atomic E-state index is 10.9. The highest BCUT2D eigenvalue weighted by Crippen LogP contribution is 1.89. The molecular weight excluding hydrogens is 762 g/mol. The third-order valence-corrected chi connectivity index (χ3v) is 6.62. The van der Waals surface area contributed by atoms with Gasteiger partial charge in [-0.25, -0.2) is 5.84 Å². The van der Waals surface area contributed by atoms with Crippen molar-refractivity contribution in [1.82, 2.24) is 10.3 Å². The van der Waals surface area contributed by atoms with E-state index in [0.29, 0.717) is 218 Å². The van der Waals surface area contributed by atoms with Gasteiger partial charge < -0.3 is 75.8 Å². The Labute approximate surface area is 337 Å². The number of hydrazine groups is 1. The average molecular weight is 835 g/mol. The first-order valence-electron chi connectivity index (χ1n) is 19.6. The molecule has 4 N–H and O–H groups in total. The van der Waals surface area contributed by atoms with E-state index in [0.717, 1.165) is 0 Å². The summed E-state index contributed by atoms with van der Waals surface area (Å²) in [5.41, 5.74) is 8.56.